The van der Waals surface area contributed by atoms with E-state index in [1.807, 2.05) is 0 Å². The van der Waals surface area contributed by atoms with Crippen LogP contribution < -0.4 is 15.4 Å². The van der Waals surface area contributed by atoms with Crippen molar-refractivity contribution in [2.24, 2.45) is 5.92 Å². The number of aromatic nitrogens is 1. The quantitative estimate of drug-likeness (QED) is 0.688. The minimum Gasteiger partial charge on any atom is -0.496 e. The first kappa shape index (κ1) is 22.3. The zero-order valence-electron chi connectivity index (χ0n) is 14.9. The molecule has 0 spiro atoms. The molecular formula is C18H30Cl2FN3O. The largest absolute Gasteiger partial charge is 0.496 e. The van der Waals surface area contributed by atoms with Crippen molar-refractivity contribution in [3.05, 3.63) is 17.3 Å². The highest BCUT2D eigenvalue weighted by molar-refractivity contribution is 5.85. The van der Waals surface area contributed by atoms with Gasteiger partial charge >= 0.3 is 0 Å². The summed E-state index contributed by atoms with van der Waals surface area (Å²) in [6.45, 7) is 2.79. The summed E-state index contributed by atoms with van der Waals surface area (Å²) in [5.74, 6) is 2.14. The van der Waals surface area contributed by atoms with Gasteiger partial charge in [0, 0.05) is 36.3 Å². The Kier molecular flexibility index (Phi) is 9.83. The van der Waals surface area contributed by atoms with Crippen LogP contribution in [-0.4, -0.2) is 37.9 Å². The lowest BCUT2D eigenvalue weighted by Crippen LogP contribution is -2.19. The number of alkyl halides is 1. The van der Waals surface area contributed by atoms with Gasteiger partial charge in [-0.1, -0.05) is 6.42 Å². The van der Waals surface area contributed by atoms with E-state index in [0.29, 0.717) is 6.42 Å². The number of rotatable bonds is 7. The molecule has 2 aliphatic heterocycles. The molecule has 2 aliphatic rings. The first-order chi connectivity index (χ1) is 11.3. The molecule has 1 fully saturated rings. The van der Waals surface area contributed by atoms with Gasteiger partial charge in [-0.05, 0) is 45.1 Å². The van der Waals surface area contributed by atoms with Crippen LogP contribution >= 0.6 is 24.8 Å². The van der Waals surface area contributed by atoms with E-state index in [2.05, 4.69) is 16.7 Å². The molecular weight excluding hydrogens is 364 g/mol. The van der Waals surface area contributed by atoms with E-state index in [1.54, 1.807) is 7.11 Å². The van der Waals surface area contributed by atoms with Crippen LogP contribution in [0.3, 0.4) is 0 Å². The maximum absolute atomic E-state index is 14.1. The minimum atomic E-state index is -0.655. The molecule has 4 nitrogen and oxygen atoms in total. The van der Waals surface area contributed by atoms with Crippen LogP contribution in [-0.2, 0) is 12.8 Å². The Labute approximate surface area is 162 Å². The number of nitrogens with zero attached hydrogens (tertiary/aromatic N) is 1. The van der Waals surface area contributed by atoms with Crippen LogP contribution in [0.1, 0.15) is 43.4 Å². The second-order valence-corrected chi connectivity index (χ2v) is 6.69. The Morgan fingerprint density at radius 3 is 2.88 bits per heavy atom. The van der Waals surface area contributed by atoms with Crippen LogP contribution in [0.5, 0.6) is 5.75 Å². The summed E-state index contributed by atoms with van der Waals surface area (Å²) < 4.78 is 19.6. The molecule has 144 valence electrons. The van der Waals surface area contributed by atoms with Gasteiger partial charge in [-0.25, -0.2) is 9.37 Å². The maximum atomic E-state index is 14.1. The fraction of sp³-hybridized carbons (Fsp3) is 0.722. The first-order valence-electron chi connectivity index (χ1n) is 8.93. The van der Waals surface area contributed by atoms with Gasteiger partial charge in [0.15, 0.2) is 0 Å². The summed E-state index contributed by atoms with van der Waals surface area (Å²) in [7, 11) is 1.72. The van der Waals surface area contributed by atoms with Crippen LogP contribution in [0.25, 0.3) is 0 Å². The van der Waals surface area contributed by atoms with E-state index in [0.717, 1.165) is 75.4 Å². The number of aryl methyl sites for hydroxylation is 1. The van der Waals surface area contributed by atoms with E-state index in [-0.39, 0.29) is 30.7 Å². The highest BCUT2D eigenvalue weighted by Gasteiger charge is 2.24. The summed E-state index contributed by atoms with van der Waals surface area (Å²) in [6.07, 6.45) is 5.94. The lowest BCUT2D eigenvalue weighted by atomic mass is 9.97. The van der Waals surface area contributed by atoms with Crippen molar-refractivity contribution in [3.8, 4) is 5.75 Å². The predicted octanol–water partition coefficient (Wildman–Crippen LogP) is 3.95. The Hall–Kier alpha value is -0.780. The Bertz CT molecular complexity index is 510. The number of hydrogen-bond acceptors (Lipinski definition) is 4. The SMILES string of the molecule is COc1cc(CCCCC(F)C2CCNC2)nc2c1CCCN2.Cl.Cl. The van der Waals surface area contributed by atoms with Crippen molar-refractivity contribution in [2.45, 2.75) is 51.1 Å². The summed E-state index contributed by atoms with van der Waals surface area (Å²) in [6, 6.07) is 2.06. The number of ether oxygens (including phenoxy) is 1. The monoisotopic (exact) mass is 393 g/mol. The topological polar surface area (TPSA) is 46.2 Å². The number of pyridine rings is 1. The van der Waals surface area contributed by atoms with Gasteiger partial charge in [0.05, 0.1) is 7.11 Å². The number of fused-ring (bicyclic) bond motifs is 1. The third-order valence-corrected chi connectivity index (χ3v) is 5.03. The third kappa shape index (κ3) is 5.87. The van der Waals surface area contributed by atoms with Crippen LogP contribution in [0.2, 0.25) is 0 Å². The van der Waals surface area contributed by atoms with Crippen molar-refractivity contribution >= 4 is 30.6 Å². The maximum Gasteiger partial charge on any atom is 0.133 e. The average molecular weight is 394 g/mol. The summed E-state index contributed by atoms with van der Waals surface area (Å²) >= 11 is 0. The van der Waals surface area contributed by atoms with E-state index >= 15 is 0 Å². The molecule has 3 rings (SSSR count). The zero-order chi connectivity index (χ0) is 16.1. The summed E-state index contributed by atoms with van der Waals surface area (Å²) in [4.78, 5) is 4.72. The van der Waals surface area contributed by atoms with Gasteiger partial charge in [0.1, 0.15) is 17.7 Å². The number of nitrogens with one attached hydrogen (secondary N) is 2. The van der Waals surface area contributed by atoms with Gasteiger partial charge in [-0.3, -0.25) is 0 Å². The van der Waals surface area contributed by atoms with Crippen LogP contribution in [0.4, 0.5) is 10.2 Å². The predicted molar refractivity (Wildman–Crippen MR) is 106 cm³/mol. The number of anilines is 1. The first-order valence-corrected chi connectivity index (χ1v) is 8.93. The molecule has 7 heteroatoms. The molecule has 0 bridgehead atoms. The molecule has 1 aromatic rings. The lowest BCUT2D eigenvalue weighted by molar-refractivity contribution is 0.221. The zero-order valence-corrected chi connectivity index (χ0v) is 16.5. The molecule has 0 amide bonds. The molecule has 0 aromatic carbocycles. The van der Waals surface area contributed by atoms with Crippen LogP contribution in [0, 0.1) is 5.92 Å². The smallest absolute Gasteiger partial charge is 0.133 e. The molecule has 2 N–H and O–H groups in total. The highest BCUT2D eigenvalue weighted by atomic mass is 35.5. The third-order valence-electron chi connectivity index (χ3n) is 5.03. The lowest BCUT2D eigenvalue weighted by Gasteiger charge is -2.20. The molecule has 1 saturated heterocycles. The van der Waals surface area contributed by atoms with Crippen molar-refractivity contribution < 1.29 is 9.13 Å². The number of hydrogen-bond donors (Lipinski definition) is 2. The number of halogens is 3. The molecule has 25 heavy (non-hydrogen) atoms. The molecule has 2 unspecified atom stereocenters. The molecule has 0 saturated carbocycles. The van der Waals surface area contributed by atoms with E-state index in [9.17, 15) is 4.39 Å². The van der Waals surface area contributed by atoms with Crippen molar-refractivity contribution in [2.75, 3.05) is 32.1 Å². The van der Waals surface area contributed by atoms with E-state index in [1.165, 1.54) is 5.56 Å². The number of methoxy groups -OCH3 is 1. The Morgan fingerprint density at radius 2 is 2.16 bits per heavy atom. The summed E-state index contributed by atoms with van der Waals surface area (Å²) in [5, 5.41) is 6.61. The second kappa shape index (κ2) is 11.0. The molecule has 3 heterocycles. The molecule has 0 aliphatic carbocycles. The van der Waals surface area contributed by atoms with E-state index < -0.39 is 6.17 Å². The normalized spacial score (nSPS) is 19.8. The van der Waals surface area contributed by atoms with Gasteiger partial charge in [0.25, 0.3) is 0 Å². The van der Waals surface area contributed by atoms with Crippen molar-refractivity contribution in [1.82, 2.24) is 10.3 Å². The van der Waals surface area contributed by atoms with Gasteiger partial charge in [-0.2, -0.15) is 0 Å². The summed E-state index contributed by atoms with van der Waals surface area (Å²) in [5.41, 5.74) is 2.24. The molecule has 1 aromatic heterocycles. The van der Waals surface area contributed by atoms with Gasteiger partial charge < -0.3 is 15.4 Å². The fourth-order valence-corrected chi connectivity index (χ4v) is 3.64. The standard InChI is InChI=1S/C18H28FN3O.2ClH/c1-23-17-11-14(22-18-15(17)6-4-9-21-18)5-2-3-7-16(19)13-8-10-20-12-13;;/h11,13,16,20H,2-10,12H2,1H3,(H,21,22);2*1H. The number of unbranched alkanes of at least 4 members (excludes halogenated alkanes) is 1. The highest BCUT2D eigenvalue weighted by Crippen LogP contribution is 2.30. The van der Waals surface area contributed by atoms with E-state index in [4.69, 9.17) is 9.72 Å². The van der Waals surface area contributed by atoms with Gasteiger partial charge in [0.2, 0.25) is 0 Å². The average Bonchev–Trinajstić information content (AvgIpc) is 3.12. The Morgan fingerprint density at radius 1 is 1.32 bits per heavy atom. The Balaban J connectivity index is 0.00000156. The van der Waals surface area contributed by atoms with Crippen molar-refractivity contribution in [3.63, 3.8) is 0 Å². The van der Waals surface area contributed by atoms with Gasteiger partial charge in [-0.15, -0.1) is 24.8 Å². The second-order valence-electron chi connectivity index (χ2n) is 6.69. The molecule has 2 atom stereocenters. The van der Waals surface area contributed by atoms with Crippen molar-refractivity contribution in [1.29, 1.82) is 0 Å². The minimum absolute atomic E-state index is 0. The van der Waals surface area contributed by atoms with Crippen LogP contribution in [0.15, 0.2) is 6.07 Å². The molecule has 0 radical (unpaired) electrons. The fourth-order valence-electron chi connectivity index (χ4n) is 3.64.